The maximum absolute atomic E-state index is 11.8. The van der Waals surface area contributed by atoms with Crippen molar-refractivity contribution in [2.75, 3.05) is 0 Å². The summed E-state index contributed by atoms with van der Waals surface area (Å²) in [4.78, 5) is 27.0. The summed E-state index contributed by atoms with van der Waals surface area (Å²) in [5.74, 6) is -1.01. The number of urea groups is 1. The molecule has 0 spiro atoms. The van der Waals surface area contributed by atoms with Crippen LogP contribution >= 0.6 is 0 Å². The predicted molar refractivity (Wildman–Crippen MR) is 75.3 cm³/mol. The lowest BCUT2D eigenvalue weighted by atomic mass is 10.1. The SMILES string of the molecule is CCCCC(NC(=O)NC(C)c1ccccn1)C(=O)O. The van der Waals surface area contributed by atoms with Gasteiger partial charge in [-0.05, 0) is 25.5 Å². The number of carboxylic acid groups (broad SMARTS) is 1. The van der Waals surface area contributed by atoms with Crippen molar-refractivity contribution in [2.45, 2.75) is 45.2 Å². The first-order valence-corrected chi connectivity index (χ1v) is 6.75. The van der Waals surface area contributed by atoms with Crippen molar-refractivity contribution in [2.24, 2.45) is 0 Å². The molecule has 20 heavy (non-hydrogen) atoms. The van der Waals surface area contributed by atoms with E-state index in [1.54, 1.807) is 25.3 Å². The molecule has 6 nitrogen and oxygen atoms in total. The third kappa shape index (κ3) is 5.26. The Morgan fingerprint density at radius 1 is 1.35 bits per heavy atom. The number of aromatic nitrogens is 1. The molecule has 0 aliphatic rings. The number of pyridine rings is 1. The van der Waals surface area contributed by atoms with Crippen LogP contribution < -0.4 is 10.6 Å². The number of nitrogens with zero attached hydrogens (tertiary/aromatic N) is 1. The maximum Gasteiger partial charge on any atom is 0.326 e. The number of carbonyl (C=O) groups excluding carboxylic acids is 1. The van der Waals surface area contributed by atoms with Crippen LogP contribution in [0.1, 0.15) is 44.8 Å². The Morgan fingerprint density at radius 3 is 2.65 bits per heavy atom. The van der Waals surface area contributed by atoms with E-state index in [-0.39, 0.29) is 6.04 Å². The van der Waals surface area contributed by atoms with E-state index >= 15 is 0 Å². The molecule has 0 saturated carbocycles. The minimum Gasteiger partial charge on any atom is -0.480 e. The molecule has 0 saturated heterocycles. The van der Waals surface area contributed by atoms with Crippen LogP contribution in [0.5, 0.6) is 0 Å². The molecule has 0 radical (unpaired) electrons. The van der Waals surface area contributed by atoms with Gasteiger partial charge < -0.3 is 15.7 Å². The highest BCUT2D eigenvalue weighted by Gasteiger charge is 2.20. The number of unbranched alkanes of at least 4 members (excludes halogenated alkanes) is 1. The average Bonchev–Trinajstić information content (AvgIpc) is 2.44. The molecule has 1 heterocycles. The van der Waals surface area contributed by atoms with Crippen molar-refractivity contribution in [3.8, 4) is 0 Å². The van der Waals surface area contributed by atoms with Crippen molar-refractivity contribution in [1.82, 2.24) is 15.6 Å². The minimum atomic E-state index is -1.01. The average molecular weight is 279 g/mol. The molecule has 1 aromatic heterocycles. The van der Waals surface area contributed by atoms with E-state index in [0.29, 0.717) is 6.42 Å². The van der Waals surface area contributed by atoms with Crippen molar-refractivity contribution in [3.05, 3.63) is 30.1 Å². The highest BCUT2D eigenvalue weighted by atomic mass is 16.4. The molecule has 0 bridgehead atoms. The summed E-state index contributed by atoms with van der Waals surface area (Å²) in [7, 11) is 0. The highest BCUT2D eigenvalue weighted by molar-refractivity contribution is 5.82. The number of carbonyl (C=O) groups is 2. The van der Waals surface area contributed by atoms with E-state index in [4.69, 9.17) is 5.11 Å². The summed E-state index contributed by atoms with van der Waals surface area (Å²) < 4.78 is 0. The second-order valence-electron chi connectivity index (χ2n) is 4.63. The molecular weight excluding hydrogens is 258 g/mol. The molecule has 0 aliphatic carbocycles. The van der Waals surface area contributed by atoms with Crippen LogP contribution in [-0.4, -0.2) is 28.1 Å². The van der Waals surface area contributed by atoms with Gasteiger partial charge in [-0.25, -0.2) is 9.59 Å². The van der Waals surface area contributed by atoms with Crippen molar-refractivity contribution in [3.63, 3.8) is 0 Å². The van der Waals surface area contributed by atoms with E-state index in [9.17, 15) is 9.59 Å². The smallest absolute Gasteiger partial charge is 0.326 e. The summed E-state index contributed by atoms with van der Waals surface area (Å²) in [5.41, 5.74) is 0.725. The first kappa shape index (κ1) is 15.9. The van der Waals surface area contributed by atoms with Gasteiger partial charge >= 0.3 is 12.0 Å². The highest BCUT2D eigenvalue weighted by Crippen LogP contribution is 2.07. The number of nitrogens with one attached hydrogen (secondary N) is 2. The molecule has 2 unspecified atom stereocenters. The minimum absolute atomic E-state index is 0.281. The normalized spacial score (nSPS) is 13.3. The van der Waals surface area contributed by atoms with Gasteiger partial charge in [0.25, 0.3) is 0 Å². The zero-order valence-corrected chi connectivity index (χ0v) is 11.8. The molecule has 0 fully saturated rings. The van der Waals surface area contributed by atoms with E-state index in [2.05, 4.69) is 15.6 Å². The molecular formula is C14H21N3O3. The number of hydrogen-bond acceptors (Lipinski definition) is 3. The third-order valence-electron chi connectivity index (χ3n) is 2.93. The van der Waals surface area contributed by atoms with E-state index in [0.717, 1.165) is 18.5 Å². The Kier molecular flexibility index (Phi) is 6.49. The fourth-order valence-corrected chi connectivity index (χ4v) is 1.77. The first-order valence-electron chi connectivity index (χ1n) is 6.75. The zero-order valence-electron chi connectivity index (χ0n) is 11.8. The van der Waals surface area contributed by atoms with E-state index in [1.165, 1.54) is 0 Å². The van der Waals surface area contributed by atoms with E-state index in [1.807, 2.05) is 13.0 Å². The lowest BCUT2D eigenvalue weighted by Gasteiger charge is -2.18. The molecule has 0 aliphatic heterocycles. The summed E-state index contributed by atoms with van der Waals surface area (Å²) in [6.45, 7) is 3.77. The number of aliphatic carboxylic acids is 1. The van der Waals surface area contributed by atoms with Crippen molar-refractivity contribution in [1.29, 1.82) is 0 Å². The molecule has 110 valence electrons. The van der Waals surface area contributed by atoms with Gasteiger partial charge in [-0.2, -0.15) is 0 Å². The summed E-state index contributed by atoms with van der Waals surface area (Å²) in [6, 6.07) is 3.80. The van der Waals surface area contributed by atoms with Crippen LogP contribution in [0.4, 0.5) is 4.79 Å². The van der Waals surface area contributed by atoms with Crippen LogP contribution in [-0.2, 0) is 4.79 Å². The quantitative estimate of drug-likeness (QED) is 0.712. The number of hydrogen-bond donors (Lipinski definition) is 3. The van der Waals surface area contributed by atoms with Gasteiger partial charge in [0, 0.05) is 6.20 Å². The number of amides is 2. The molecule has 3 N–H and O–H groups in total. The standard InChI is InChI=1S/C14H21N3O3/c1-3-4-7-12(13(18)19)17-14(20)16-10(2)11-8-5-6-9-15-11/h5-6,8-10,12H,3-4,7H2,1-2H3,(H,18,19)(H2,16,17,20). The van der Waals surface area contributed by atoms with Gasteiger partial charge in [0.15, 0.2) is 0 Å². The van der Waals surface area contributed by atoms with Gasteiger partial charge in [0.05, 0.1) is 11.7 Å². The van der Waals surface area contributed by atoms with Gasteiger partial charge in [-0.1, -0.05) is 25.8 Å². The molecule has 2 atom stereocenters. The monoisotopic (exact) mass is 279 g/mol. The van der Waals surface area contributed by atoms with E-state index < -0.39 is 18.0 Å². The Bertz CT molecular complexity index is 437. The maximum atomic E-state index is 11.8. The first-order chi connectivity index (χ1) is 9.54. The number of carboxylic acids is 1. The summed E-state index contributed by atoms with van der Waals surface area (Å²) in [6.07, 6.45) is 3.72. The lowest BCUT2D eigenvalue weighted by Crippen LogP contribution is -2.46. The second-order valence-corrected chi connectivity index (χ2v) is 4.63. The Morgan fingerprint density at radius 2 is 2.10 bits per heavy atom. The van der Waals surface area contributed by atoms with Crippen LogP contribution in [0.25, 0.3) is 0 Å². The molecule has 2 amide bonds. The fourth-order valence-electron chi connectivity index (χ4n) is 1.77. The lowest BCUT2D eigenvalue weighted by molar-refractivity contribution is -0.139. The van der Waals surface area contributed by atoms with Crippen LogP contribution in [0.3, 0.4) is 0 Å². The topological polar surface area (TPSA) is 91.3 Å². The molecule has 6 heteroatoms. The molecule has 1 aromatic rings. The van der Waals surface area contributed by atoms with Crippen LogP contribution in [0, 0.1) is 0 Å². The van der Waals surface area contributed by atoms with Gasteiger partial charge in [-0.3, -0.25) is 4.98 Å². The Balaban J connectivity index is 2.51. The molecule has 0 aromatic carbocycles. The van der Waals surface area contributed by atoms with Gasteiger partial charge in [-0.15, -0.1) is 0 Å². The van der Waals surface area contributed by atoms with Crippen LogP contribution in [0.2, 0.25) is 0 Å². The third-order valence-corrected chi connectivity index (χ3v) is 2.93. The van der Waals surface area contributed by atoms with Gasteiger partial charge in [0.2, 0.25) is 0 Å². The Hall–Kier alpha value is -2.11. The fraction of sp³-hybridized carbons (Fsp3) is 0.500. The van der Waals surface area contributed by atoms with Crippen molar-refractivity contribution >= 4 is 12.0 Å². The zero-order chi connectivity index (χ0) is 15.0. The summed E-state index contributed by atoms with van der Waals surface area (Å²) >= 11 is 0. The van der Waals surface area contributed by atoms with Crippen LogP contribution in [0.15, 0.2) is 24.4 Å². The number of rotatable bonds is 7. The largest absolute Gasteiger partial charge is 0.480 e. The summed E-state index contributed by atoms with van der Waals surface area (Å²) in [5, 5.41) is 14.2. The second kappa shape index (κ2) is 8.14. The predicted octanol–water partition coefficient (Wildman–Crippen LogP) is 2.09. The Labute approximate surface area is 118 Å². The van der Waals surface area contributed by atoms with Crippen molar-refractivity contribution < 1.29 is 14.7 Å². The molecule has 1 rings (SSSR count). The van der Waals surface area contributed by atoms with Gasteiger partial charge in [0.1, 0.15) is 6.04 Å².